The first-order chi connectivity index (χ1) is 30.3. The van der Waals surface area contributed by atoms with Crippen LogP contribution in [-0.4, -0.2) is 102 Å². The summed E-state index contributed by atoms with van der Waals surface area (Å²) in [7, 11) is 0.975. The zero-order valence-corrected chi connectivity index (χ0v) is 38.5. The molecule has 14 nitrogen and oxygen atoms in total. The maximum atomic E-state index is 15.3. The molecule has 4 fully saturated rings. The van der Waals surface area contributed by atoms with E-state index in [1.54, 1.807) is 37.4 Å². The number of rotatable bonds is 12. The van der Waals surface area contributed by atoms with Crippen molar-refractivity contribution < 1.29 is 23.3 Å². The van der Waals surface area contributed by atoms with E-state index in [1.807, 2.05) is 31.6 Å². The van der Waals surface area contributed by atoms with E-state index in [1.165, 1.54) is 24.5 Å². The highest BCUT2D eigenvalue weighted by Gasteiger charge is 2.33. The first kappa shape index (κ1) is 43.0. The topological polar surface area (TPSA) is 150 Å². The Hall–Kier alpha value is -5.31. The van der Waals surface area contributed by atoms with E-state index in [0.29, 0.717) is 51.6 Å². The predicted octanol–water partition coefficient (Wildman–Crippen LogP) is 7.71. The van der Waals surface area contributed by atoms with Gasteiger partial charge >= 0.3 is 0 Å². The van der Waals surface area contributed by atoms with Crippen molar-refractivity contribution in [3.63, 3.8) is 0 Å². The number of hydrogen-bond donors (Lipinski definition) is 3. The molecule has 0 radical (unpaired) electrons. The average Bonchev–Trinajstić information content (AvgIpc) is 4.04. The Morgan fingerprint density at radius 2 is 1.67 bits per heavy atom. The standard InChI is InChI=1S/C46H53BrFN10O4P/c1-55-27-30(25-50-55)35-23-39(52-46-49-26-36(47)44(54-46)51-38-11-7-29(28-5-6-28)21-42(38)63(3,4)61)41(62-2)24-40(35)58-15-13-31(14-16-58)56-17-19-57(20-18-56)32-8-9-33(37(48)22-32)34-10-12-43(59)53-45(34)60/h7-9,11,21-28,31,34H,5-6,10,12-20H2,1-4H3,(H,53,59,60)(H2,49,51,52,54). The van der Waals surface area contributed by atoms with Gasteiger partial charge in [0.1, 0.15) is 24.5 Å². The third kappa shape index (κ3) is 9.35. The van der Waals surface area contributed by atoms with E-state index in [0.717, 1.165) is 85.6 Å². The van der Waals surface area contributed by atoms with Gasteiger partial charge in [-0.05, 0) is 103 Å². The molecule has 0 spiro atoms. The van der Waals surface area contributed by atoms with Crippen molar-refractivity contribution in [1.29, 1.82) is 0 Å². The van der Waals surface area contributed by atoms with Gasteiger partial charge in [0.15, 0.2) is 0 Å². The summed E-state index contributed by atoms with van der Waals surface area (Å²) in [5.41, 5.74) is 6.89. The summed E-state index contributed by atoms with van der Waals surface area (Å²) in [6.07, 6.45) is 10.4. The second kappa shape index (κ2) is 17.7. The molecule has 1 atom stereocenters. The van der Waals surface area contributed by atoms with Crippen LogP contribution in [0.5, 0.6) is 5.75 Å². The summed E-state index contributed by atoms with van der Waals surface area (Å²) in [6, 6.07) is 15.9. The fraction of sp³-hybridized carbons (Fsp3) is 0.413. The summed E-state index contributed by atoms with van der Waals surface area (Å²) in [6.45, 7) is 8.62. The molecule has 0 bridgehead atoms. The molecule has 2 amide bonds. The summed E-state index contributed by atoms with van der Waals surface area (Å²) >= 11 is 3.62. The lowest BCUT2D eigenvalue weighted by Gasteiger charge is -2.44. The molecule has 330 valence electrons. The van der Waals surface area contributed by atoms with E-state index in [-0.39, 0.29) is 12.3 Å². The maximum absolute atomic E-state index is 15.3. The summed E-state index contributed by atoms with van der Waals surface area (Å²) in [5, 5.41) is 14.5. The molecule has 5 heterocycles. The van der Waals surface area contributed by atoms with Crippen LogP contribution in [0.15, 0.2) is 71.6 Å². The van der Waals surface area contributed by atoms with Crippen molar-refractivity contribution in [2.45, 2.75) is 56.4 Å². The summed E-state index contributed by atoms with van der Waals surface area (Å²) in [4.78, 5) is 40.6. The van der Waals surface area contributed by atoms with Gasteiger partial charge in [-0.3, -0.25) is 24.5 Å². The zero-order chi connectivity index (χ0) is 44.0. The quantitative estimate of drug-likeness (QED) is 0.0831. The van der Waals surface area contributed by atoms with Crippen molar-refractivity contribution in [2.24, 2.45) is 7.05 Å². The molecule has 5 aromatic rings. The Morgan fingerprint density at radius 1 is 0.889 bits per heavy atom. The maximum Gasteiger partial charge on any atom is 0.234 e. The van der Waals surface area contributed by atoms with Crippen LogP contribution in [0.1, 0.15) is 61.5 Å². The number of methoxy groups -OCH3 is 1. The van der Waals surface area contributed by atoms with E-state index >= 15 is 4.39 Å². The number of aromatic nitrogens is 4. The Bertz CT molecular complexity index is 2600. The van der Waals surface area contributed by atoms with E-state index in [2.05, 4.69) is 80.9 Å². The smallest absolute Gasteiger partial charge is 0.234 e. The Balaban J connectivity index is 0.882. The zero-order valence-electron chi connectivity index (χ0n) is 36.0. The fourth-order valence-corrected chi connectivity index (χ4v) is 10.7. The molecule has 3 N–H and O–H groups in total. The number of aryl methyl sites for hydroxylation is 1. The van der Waals surface area contributed by atoms with E-state index < -0.39 is 24.8 Å². The molecule has 3 saturated heterocycles. The van der Waals surface area contributed by atoms with Gasteiger partial charge in [-0.2, -0.15) is 10.1 Å². The molecule has 9 rings (SSSR count). The van der Waals surface area contributed by atoms with E-state index in [4.69, 9.17) is 9.72 Å². The minimum atomic E-state index is -2.60. The third-order valence-corrected chi connectivity index (χ3v) is 14.9. The van der Waals surface area contributed by atoms with Crippen molar-refractivity contribution >= 4 is 74.7 Å². The number of nitrogens with one attached hydrogen (secondary N) is 3. The van der Waals surface area contributed by atoms with Crippen LogP contribution >= 0.6 is 23.1 Å². The van der Waals surface area contributed by atoms with Gasteiger partial charge < -0.3 is 29.7 Å². The van der Waals surface area contributed by atoms with Gasteiger partial charge in [0.25, 0.3) is 0 Å². The number of piperidine rings is 2. The number of amides is 2. The number of halogens is 2. The number of piperazine rings is 1. The Kier molecular flexibility index (Phi) is 12.1. The van der Waals surface area contributed by atoms with Crippen LogP contribution in [0.2, 0.25) is 0 Å². The number of imide groups is 1. The SMILES string of the molecule is COc1cc(N2CCC(N3CCN(c4ccc(C5CCC(=O)NC5=O)c(F)c4)CC3)CC2)c(-c2cnn(C)c2)cc1Nc1ncc(Br)c(Nc2ccc(C3CC3)cc2P(C)(C)=O)n1. The molecule has 3 aromatic carbocycles. The molecular formula is C46H53BrFN10O4P. The number of carbonyl (C=O) groups is 2. The number of carbonyl (C=O) groups excluding carboxylic acids is 2. The van der Waals surface area contributed by atoms with Crippen LogP contribution < -0.4 is 35.8 Å². The van der Waals surface area contributed by atoms with Crippen molar-refractivity contribution in [3.05, 3.63) is 88.5 Å². The second-order valence-electron chi connectivity index (χ2n) is 17.5. The highest BCUT2D eigenvalue weighted by molar-refractivity contribution is 9.10. The first-order valence-corrected chi connectivity index (χ1v) is 25.0. The number of nitrogens with zero attached hydrogens (tertiary/aromatic N) is 7. The van der Waals surface area contributed by atoms with Gasteiger partial charge in [-0.15, -0.1) is 0 Å². The first-order valence-electron chi connectivity index (χ1n) is 21.7. The number of ether oxygens (including phenoxy) is 1. The Labute approximate surface area is 375 Å². The van der Waals surface area contributed by atoms with E-state index in [9.17, 15) is 14.2 Å². The van der Waals surface area contributed by atoms with Crippen LogP contribution in [0, 0.1) is 5.82 Å². The summed E-state index contributed by atoms with van der Waals surface area (Å²) < 4.78 is 37.3. The van der Waals surface area contributed by atoms with Gasteiger partial charge in [0.05, 0.1) is 35.1 Å². The normalized spacial score (nSPS) is 19.0. The van der Waals surface area contributed by atoms with Gasteiger partial charge in [-0.25, -0.2) is 9.37 Å². The Morgan fingerprint density at radius 3 is 2.33 bits per heavy atom. The number of benzene rings is 3. The lowest BCUT2D eigenvalue weighted by molar-refractivity contribution is -0.134. The van der Waals surface area contributed by atoms with Crippen LogP contribution in [0.4, 0.5) is 38.9 Å². The lowest BCUT2D eigenvalue weighted by Crippen LogP contribution is -2.53. The van der Waals surface area contributed by atoms with Gasteiger partial charge in [-0.1, -0.05) is 12.1 Å². The molecule has 4 aliphatic rings. The minimum absolute atomic E-state index is 0.216. The highest BCUT2D eigenvalue weighted by Crippen LogP contribution is 2.45. The number of anilines is 6. The molecule has 3 aliphatic heterocycles. The monoisotopic (exact) mass is 938 g/mol. The lowest BCUT2D eigenvalue weighted by atomic mass is 9.90. The van der Waals surface area contributed by atoms with Crippen molar-refractivity contribution in [1.82, 2.24) is 30.0 Å². The molecule has 63 heavy (non-hydrogen) atoms. The van der Waals surface area contributed by atoms with Crippen molar-refractivity contribution in [3.8, 4) is 16.9 Å². The molecule has 1 unspecified atom stereocenters. The largest absolute Gasteiger partial charge is 0.494 e. The molecule has 2 aromatic heterocycles. The van der Waals surface area contributed by atoms with Gasteiger partial charge in [0, 0.05) is 111 Å². The third-order valence-electron chi connectivity index (χ3n) is 12.8. The van der Waals surface area contributed by atoms with Crippen LogP contribution in [0.3, 0.4) is 0 Å². The van der Waals surface area contributed by atoms with Crippen molar-refractivity contribution in [2.75, 3.05) is 80.1 Å². The van der Waals surface area contributed by atoms with Crippen LogP contribution in [0.25, 0.3) is 11.1 Å². The minimum Gasteiger partial charge on any atom is -0.494 e. The fourth-order valence-electron chi connectivity index (χ4n) is 9.23. The molecule has 17 heteroatoms. The predicted molar refractivity (Wildman–Crippen MR) is 250 cm³/mol. The molecular weight excluding hydrogens is 886 g/mol. The highest BCUT2D eigenvalue weighted by atomic mass is 79.9. The second-order valence-corrected chi connectivity index (χ2v) is 21.5. The molecule has 1 saturated carbocycles. The summed E-state index contributed by atoms with van der Waals surface area (Å²) in [5.74, 6) is 0.323. The molecule has 1 aliphatic carbocycles. The average molecular weight is 940 g/mol. The number of hydrogen-bond acceptors (Lipinski definition) is 12. The van der Waals surface area contributed by atoms with Crippen LogP contribution in [-0.2, 0) is 21.2 Å². The van der Waals surface area contributed by atoms with Gasteiger partial charge in [0.2, 0.25) is 17.8 Å².